The molecule has 0 spiro atoms. The molecule has 0 bridgehead atoms. The summed E-state index contributed by atoms with van der Waals surface area (Å²) < 4.78 is 0. The standard InChI is InChI=1S/C18H29ClN4/c1-4-23-11-7-8-15(13-23)12-21-18(20-2)22(3)14-16-9-5-6-10-17(16)19/h5-6,9-10,15H,4,7-8,11-14H2,1-3H3,(H,20,21). The first kappa shape index (κ1) is 18.1. The van der Waals surface area contributed by atoms with Crippen LogP contribution in [-0.4, -0.2) is 56.0 Å². The molecule has 0 saturated carbocycles. The van der Waals surface area contributed by atoms with Gasteiger partial charge in [-0.05, 0) is 43.5 Å². The highest BCUT2D eigenvalue weighted by Gasteiger charge is 2.19. The molecule has 1 aliphatic heterocycles. The van der Waals surface area contributed by atoms with Crippen molar-refractivity contribution in [3.8, 4) is 0 Å². The third-order valence-electron chi connectivity index (χ3n) is 4.54. The van der Waals surface area contributed by atoms with E-state index in [1.165, 1.54) is 25.9 Å². The van der Waals surface area contributed by atoms with Crippen LogP contribution in [0.4, 0.5) is 0 Å². The minimum Gasteiger partial charge on any atom is -0.356 e. The third kappa shape index (κ3) is 5.40. The van der Waals surface area contributed by atoms with E-state index in [0.717, 1.165) is 36.2 Å². The lowest BCUT2D eigenvalue weighted by Gasteiger charge is -2.33. The average molecular weight is 337 g/mol. The summed E-state index contributed by atoms with van der Waals surface area (Å²) in [6.45, 7) is 7.56. The van der Waals surface area contributed by atoms with Gasteiger partial charge in [-0.2, -0.15) is 0 Å². The molecule has 0 radical (unpaired) electrons. The first-order valence-corrected chi connectivity index (χ1v) is 8.89. The Labute approximate surface area is 145 Å². The molecule has 1 aromatic carbocycles. The quantitative estimate of drug-likeness (QED) is 0.662. The van der Waals surface area contributed by atoms with E-state index in [9.17, 15) is 0 Å². The van der Waals surface area contributed by atoms with Crippen molar-refractivity contribution >= 4 is 17.6 Å². The molecular formula is C18H29ClN4. The van der Waals surface area contributed by atoms with Gasteiger partial charge in [0.05, 0.1) is 0 Å². The number of hydrogen-bond acceptors (Lipinski definition) is 2. The number of likely N-dealkylation sites (tertiary alicyclic amines) is 1. The van der Waals surface area contributed by atoms with Crippen LogP contribution in [0.15, 0.2) is 29.3 Å². The number of rotatable bonds is 5. The first-order chi connectivity index (χ1) is 11.1. The van der Waals surface area contributed by atoms with Gasteiger partial charge in [0.15, 0.2) is 5.96 Å². The molecule has 23 heavy (non-hydrogen) atoms. The van der Waals surface area contributed by atoms with Gasteiger partial charge in [0.2, 0.25) is 0 Å². The van der Waals surface area contributed by atoms with Gasteiger partial charge in [-0.15, -0.1) is 0 Å². The van der Waals surface area contributed by atoms with Crippen LogP contribution in [0.25, 0.3) is 0 Å². The van der Waals surface area contributed by atoms with E-state index < -0.39 is 0 Å². The van der Waals surface area contributed by atoms with Crippen LogP contribution in [-0.2, 0) is 6.54 Å². The fraction of sp³-hybridized carbons (Fsp3) is 0.611. The second-order valence-electron chi connectivity index (χ2n) is 6.28. The number of halogens is 1. The summed E-state index contributed by atoms with van der Waals surface area (Å²) in [6.07, 6.45) is 2.60. The maximum atomic E-state index is 6.25. The number of nitrogens with zero attached hydrogens (tertiary/aromatic N) is 3. The van der Waals surface area contributed by atoms with Crippen LogP contribution >= 0.6 is 11.6 Å². The smallest absolute Gasteiger partial charge is 0.193 e. The highest BCUT2D eigenvalue weighted by Crippen LogP contribution is 2.17. The molecule has 1 heterocycles. The van der Waals surface area contributed by atoms with Crippen LogP contribution in [0.5, 0.6) is 0 Å². The topological polar surface area (TPSA) is 30.9 Å². The van der Waals surface area contributed by atoms with Crippen LogP contribution in [0.1, 0.15) is 25.3 Å². The van der Waals surface area contributed by atoms with E-state index in [1.54, 1.807) is 0 Å². The molecule has 0 aromatic heterocycles. The summed E-state index contributed by atoms with van der Waals surface area (Å²) in [5, 5.41) is 4.34. The molecule has 0 amide bonds. The van der Waals surface area contributed by atoms with Crippen LogP contribution in [0.3, 0.4) is 0 Å². The van der Waals surface area contributed by atoms with Crippen molar-refractivity contribution in [2.75, 3.05) is 40.3 Å². The maximum absolute atomic E-state index is 6.25. The Morgan fingerprint density at radius 2 is 2.22 bits per heavy atom. The molecule has 1 aromatic rings. The molecule has 1 unspecified atom stereocenters. The van der Waals surface area contributed by atoms with Crippen molar-refractivity contribution in [1.82, 2.24) is 15.1 Å². The van der Waals surface area contributed by atoms with Gasteiger partial charge in [-0.25, -0.2) is 0 Å². The highest BCUT2D eigenvalue weighted by atomic mass is 35.5. The Morgan fingerprint density at radius 3 is 2.91 bits per heavy atom. The van der Waals surface area contributed by atoms with E-state index in [4.69, 9.17) is 11.6 Å². The molecule has 1 N–H and O–H groups in total. The van der Waals surface area contributed by atoms with Gasteiger partial charge in [-0.1, -0.05) is 36.7 Å². The summed E-state index contributed by atoms with van der Waals surface area (Å²) in [7, 11) is 3.89. The number of aliphatic imine (C=N–C) groups is 1. The largest absolute Gasteiger partial charge is 0.356 e. The van der Waals surface area contributed by atoms with Crippen molar-refractivity contribution < 1.29 is 0 Å². The fourth-order valence-electron chi connectivity index (χ4n) is 3.18. The lowest BCUT2D eigenvalue weighted by atomic mass is 9.98. The van der Waals surface area contributed by atoms with Crippen LogP contribution < -0.4 is 5.32 Å². The minimum atomic E-state index is 0.703. The molecule has 4 nitrogen and oxygen atoms in total. The van der Waals surface area contributed by atoms with Gasteiger partial charge in [0, 0.05) is 38.8 Å². The summed E-state index contributed by atoms with van der Waals surface area (Å²) in [5.41, 5.74) is 1.12. The molecule has 2 rings (SSSR count). The second-order valence-corrected chi connectivity index (χ2v) is 6.68. The summed E-state index contributed by atoms with van der Waals surface area (Å²) in [5.74, 6) is 1.63. The van der Waals surface area contributed by atoms with Crippen molar-refractivity contribution in [1.29, 1.82) is 0 Å². The maximum Gasteiger partial charge on any atom is 0.193 e. The van der Waals surface area contributed by atoms with Crippen molar-refractivity contribution in [3.63, 3.8) is 0 Å². The van der Waals surface area contributed by atoms with Crippen LogP contribution in [0.2, 0.25) is 5.02 Å². The Bertz CT molecular complexity index is 517. The van der Waals surface area contributed by atoms with E-state index in [0.29, 0.717) is 5.92 Å². The summed E-state index contributed by atoms with van der Waals surface area (Å²) >= 11 is 6.25. The van der Waals surface area contributed by atoms with E-state index in [-0.39, 0.29) is 0 Å². The number of piperidine rings is 1. The number of hydrogen-bond donors (Lipinski definition) is 1. The number of benzene rings is 1. The van der Waals surface area contributed by atoms with E-state index >= 15 is 0 Å². The Hall–Kier alpha value is -1.26. The third-order valence-corrected chi connectivity index (χ3v) is 4.91. The van der Waals surface area contributed by atoms with Gasteiger partial charge in [0.1, 0.15) is 0 Å². The van der Waals surface area contributed by atoms with Crippen LogP contribution in [0, 0.1) is 5.92 Å². The number of guanidine groups is 1. The van der Waals surface area contributed by atoms with Crippen molar-refractivity contribution in [2.24, 2.45) is 10.9 Å². The zero-order chi connectivity index (χ0) is 16.7. The van der Waals surface area contributed by atoms with E-state index in [2.05, 4.69) is 40.1 Å². The molecular weight excluding hydrogens is 308 g/mol. The molecule has 1 fully saturated rings. The fourth-order valence-corrected chi connectivity index (χ4v) is 3.38. The Kier molecular flexibility index (Phi) is 7.18. The monoisotopic (exact) mass is 336 g/mol. The molecule has 1 saturated heterocycles. The number of nitrogens with one attached hydrogen (secondary N) is 1. The van der Waals surface area contributed by atoms with Crippen molar-refractivity contribution in [2.45, 2.75) is 26.3 Å². The highest BCUT2D eigenvalue weighted by molar-refractivity contribution is 6.31. The zero-order valence-corrected chi connectivity index (χ0v) is 15.3. The van der Waals surface area contributed by atoms with Gasteiger partial charge in [-0.3, -0.25) is 4.99 Å². The molecule has 128 valence electrons. The lowest BCUT2D eigenvalue weighted by molar-refractivity contribution is 0.183. The van der Waals surface area contributed by atoms with Gasteiger partial charge in [0.25, 0.3) is 0 Å². The molecule has 1 atom stereocenters. The first-order valence-electron chi connectivity index (χ1n) is 8.51. The normalized spacial score (nSPS) is 19.7. The Balaban J connectivity index is 1.86. The summed E-state index contributed by atoms with van der Waals surface area (Å²) in [6, 6.07) is 7.97. The SMILES string of the molecule is CCN1CCCC(CNC(=NC)N(C)Cc2ccccc2Cl)C1. The predicted molar refractivity (Wildman–Crippen MR) is 99.1 cm³/mol. The van der Waals surface area contributed by atoms with E-state index in [1.807, 2.05) is 25.2 Å². The Morgan fingerprint density at radius 1 is 1.43 bits per heavy atom. The molecule has 5 heteroatoms. The van der Waals surface area contributed by atoms with Crippen molar-refractivity contribution in [3.05, 3.63) is 34.9 Å². The van der Waals surface area contributed by atoms with Gasteiger partial charge >= 0.3 is 0 Å². The zero-order valence-electron chi connectivity index (χ0n) is 14.6. The summed E-state index contributed by atoms with van der Waals surface area (Å²) in [4.78, 5) is 9.07. The lowest BCUT2D eigenvalue weighted by Crippen LogP contribution is -2.44. The second kappa shape index (κ2) is 9.14. The molecule has 1 aliphatic rings. The predicted octanol–water partition coefficient (Wildman–Crippen LogP) is 3.08. The van der Waals surface area contributed by atoms with Gasteiger partial charge < -0.3 is 15.1 Å². The molecule has 0 aliphatic carbocycles. The minimum absolute atomic E-state index is 0.703. The average Bonchev–Trinajstić information content (AvgIpc) is 2.57.